The van der Waals surface area contributed by atoms with Crippen LogP contribution in [0, 0.1) is 5.82 Å². The van der Waals surface area contributed by atoms with Crippen LogP contribution in [-0.2, 0) is 15.6 Å². The molecule has 0 radical (unpaired) electrons. The summed E-state index contributed by atoms with van der Waals surface area (Å²) in [5.41, 5.74) is 6.19. The van der Waals surface area contributed by atoms with Gasteiger partial charge in [0.1, 0.15) is 11.6 Å². The van der Waals surface area contributed by atoms with Gasteiger partial charge in [0.25, 0.3) is 0 Å². The van der Waals surface area contributed by atoms with Crippen LogP contribution in [0.2, 0.25) is 0 Å². The van der Waals surface area contributed by atoms with Crippen molar-refractivity contribution in [3.8, 4) is 5.75 Å². The molecular weight excluding hydrogens is 361 g/mol. The molecule has 0 bridgehead atoms. The highest BCUT2D eigenvalue weighted by molar-refractivity contribution is 9.10. The molecular formula is C14H13BrFNO3S. The zero-order chi connectivity index (χ0) is 15.6. The highest BCUT2D eigenvalue weighted by Gasteiger charge is 2.20. The molecule has 0 aliphatic rings. The average Bonchev–Trinajstić information content (AvgIpc) is 2.37. The Kier molecular flexibility index (Phi) is 4.53. The smallest absolute Gasteiger partial charge is 0.184 e. The van der Waals surface area contributed by atoms with Crippen LogP contribution < -0.4 is 10.5 Å². The van der Waals surface area contributed by atoms with Crippen molar-refractivity contribution >= 4 is 31.5 Å². The van der Waals surface area contributed by atoms with Gasteiger partial charge in [-0.3, -0.25) is 0 Å². The Morgan fingerprint density at radius 2 is 1.95 bits per heavy atom. The van der Waals surface area contributed by atoms with Gasteiger partial charge in [-0.05, 0) is 35.9 Å². The van der Waals surface area contributed by atoms with E-state index in [2.05, 4.69) is 15.9 Å². The van der Waals surface area contributed by atoms with Crippen molar-refractivity contribution in [2.45, 2.75) is 10.6 Å². The molecule has 2 N–H and O–H groups in total. The molecule has 21 heavy (non-hydrogen) atoms. The van der Waals surface area contributed by atoms with E-state index in [1.165, 1.54) is 31.4 Å². The first kappa shape index (κ1) is 15.8. The number of nitrogens with two attached hydrogens (primary N) is 1. The SMILES string of the molecule is COc1ccc(N)c(S(=O)(=O)Cc2cc(F)cc(Br)c2)c1. The van der Waals surface area contributed by atoms with Crippen LogP contribution in [-0.4, -0.2) is 15.5 Å². The second-order valence-electron chi connectivity index (χ2n) is 4.44. The molecule has 112 valence electrons. The van der Waals surface area contributed by atoms with Gasteiger partial charge in [-0.25, -0.2) is 12.8 Å². The summed E-state index contributed by atoms with van der Waals surface area (Å²) in [6.07, 6.45) is 0. The van der Waals surface area contributed by atoms with E-state index in [9.17, 15) is 12.8 Å². The van der Waals surface area contributed by atoms with Crippen molar-refractivity contribution in [3.05, 3.63) is 52.3 Å². The molecule has 2 aromatic carbocycles. The summed E-state index contributed by atoms with van der Waals surface area (Å²) in [6, 6.07) is 8.39. The maximum absolute atomic E-state index is 13.3. The molecule has 0 saturated heterocycles. The van der Waals surface area contributed by atoms with Crippen LogP contribution in [0.3, 0.4) is 0 Å². The Morgan fingerprint density at radius 1 is 1.24 bits per heavy atom. The van der Waals surface area contributed by atoms with E-state index in [-0.39, 0.29) is 16.3 Å². The molecule has 0 aliphatic carbocycles. The number of nitrogen functional groups attached to an aromatic ring is 1. The summed E-state index contributed by atoms with van der Waals surface area (Å²) in [6.45, 7) is 0. The first-order valence-electron chi connectivity index (χ1n) is 5.93. The monoisotopic (exact) mass is 373 g/mol. The van der Waals surface area contributed by atoms with E-state index in [4.69, 9.17) is 10.5 Å². The standard InChI is InChI=1S/C14H13BrFNO3S/c1-20-12-2-3-13(17)14(7-12)21(18,19)8-9-4-10(15)6-11(16)5-9/h2-7H,8,17H2,1H3. The third-order valence-electron chi connectivity index (χ3n) is 2.83. The molecule has 0 aliphatic heterocycles. The van der Waals surface area contributed by atoms with Crippen molar-refractivity contribution in [2.75, 3.05) is 12.8 Å². The van der Waals surface area contributed by atoms with Gasteiger partial charge in [0, 0.05) is 10.5 Å². The van der Waals surface area contributed by atoms with E-state index in [0.717, 1.165) is 0 Å². The lowest BCUT2D eigenvalue weighted by atomic mass is 10.2. The summed E-state index contributed by atoms with van der Waals surface area (Å²) < 4.78 is 43.7. The number of hydrogen-bond donors (Lipinski definition) is 1. The number of anilines is 1. The zero-order valence-corrected chi connectivity index (χ0v) is 13.5. The van der Waals surface area contributed by atoms with E-state index in [0.29, 0.717) is 15.8 Å². The molecule has 2 rings (SSSR count). The van der Waals surface area contributed by atoms with E-state index >= 15 is 0 Å². The lowest BCUT2D eigenvalue weighted by Gasteiger charge is -2.10. The Morgan fingerprint density at radius 3 is 2.57 bits per heavy atom. The van der Waals surface area contributed by atoms with Crippen molar-refractivity contribution in [1.82, 2.24) is 0 Å². The number of benzene rings is 2. The average molecular weight is 374 g/mol. The Balaban J connectivity index is 2.42. The van der Waals surface area contributed by atoms with Crippen molar-refractivity contribution in [1.29, 1.82) is 0 Å². The minimum Gasteiger partial charge on any atom is -0.497 e. The molecule has 0 fully saturated rings. The Hall–Kier alpha value is -1.60. The summed E-state index contributed by atoms with van der Waals surface area (Å²) in [7, 11) is -2.27. The van der Waals surface area contributed by atoms with E-state index in [1.54, 1.807) is 12.1 Å². The molecule has 0 heterocycles. The third-order valence-corrected chi connectivity index (χ3v) is 5.03. The topological polar surface area (TPSA) is 69.4 Å². The first-order chi connectivity index (χ1) is 9.81. The van der Waals surface area contributed by atoms with Gasteiger partial charge in [0.15, 0.2) is 9.84 Å². The fourth-order valence-electron chi connectivity index (χ4n) is 1.90. The molecule has 0 amide bonds. The van der Waals surface area contributed by atoms with Crippen LogP contribution >= 0.6 is 15.9 Å². The molecule has 2 aromatic rings. The molecule has 7 heteroatoms. The highest BCUT2D eigenvalue weighted by atomic mass is 79.9. The fourth-order valence-corrected chi connectivity index (χ4v) is 3.90. The van der Waals surface area contributed by atoms with Crippen LogP contribution in [0.4, 0.5) is 10.1 Å². The summed E-state index contributed by atoms with van der Waals surface area (Å²) in [4.78, 5) is -0.0257. The largest absolute Gasteiger partial charge is 0.497 e. The van der Waals surface area contributed by atoms with Gasteiger partial charge < -0.3 is 10.5 Å². The Labute approximate surface area is 130 Å². The molecule has 0 atom stereocenters. The van der Waals surface area contributed by atoms with E-state index in [1.807, 2.05) is 0 Å². The van der Waals surface area contributed by atoms with Gasteiger partial charge in [-0.1, -0.05) is 15.9 Å². The molecule has 0 unspecified atom stereocenters. The normalized spacial score (nSPS) is 11.4. The van der Waals surface area contributed by atoms with Crippen molar-refractivity contribution in [3.63, 3.8) is 0 Å². The first-order valence-corrected chi connectivity index (χ1v) is 8.37. The zero-order valence-electron chi connectivity index (χ0n) is 11.1. The number of sulfone groups is 1. The quantitative estimate of drug-likeness (QED) is 0.835. The van der Waals surface area contributed by atoms with E-state index < -0.39 is 15.7 Å². The molecule has 4 nitrogen and oxygen atoms in total. The molecule has 0 saturated carbocycles. The summed E-state index contributed by atoms with van der Waals surface area (Å²) in [5, 5.41) is 0. The minimum atomic E-state index is -3.70. The second-order valence-corrected chi connectivity index (χ2v) is 7.31. The van der Waals surface area contributed by atoms with Crippen LogP contribution in [0.25, 0.3) is 0 Å². The van der Waals surface area contributed by atoms with Gasteiger partial charge >= 0.3 is 0 Å². The highest BCUT2D eigenvalue weighted by Crippen LogP contribution is 2.27. The number of ether oxygens (including phenoxy) is 1. The maximum atomic E-state index is 13.3. The van der Waals surface area contributed by atoms with Gasteiger partial charge in [0.05, 0.1) is 23.4 Å². The van der Waals surface area contributed by atoms with Crippen LogP contribution in [0.15, 0.2) is 45.8 Å². The molecule has 0 aromatic heterocycles. The number of halogens is 2. The van der Waals surface area contributed by atoms with Crippen LogP contribution in [0.5, 0.6) is 5.75 Å². The van der Waals surface area contributed by atoms with Crippen molar-refractivity contribution < 1.29 is 17.5 Å². The summed E-state index contributed by atoms with van der Waals surface area (Å²) >= 11 is 3.13. The molecule has 0 spiro atoms. The third kappa shape index (κ3) is 3.74. The fraction of sp³-hybridized carbons (Fsp3) is 0.143. The van der Waals surface area contributed by atoms with Gasteiger partial charge in [-0.15, -0.1) is 0 Å². The predicted molar refractivity (Wildman–Crippen MR) is 82.4 cm³/mol. The van der Waals surface area contributed by atoms with Crippen molar-refractivity contribution in [2.24, 2.45) is 0 Å². The number of methoxy groups -OCH3 is 1. The van der Waals surface area contributed by atoms with Gasteiger partial charge in [0.2, 0.25) is 0 Å². The van der Waals surface area contributed by atoms with Crippen LogP contribution in [0.1, 0.15) is 5.56 Å². The lowest BCUT2D eigenvalue weighted by molar-refractivity contribution is 0.413. The lowest BCUT2D eigenvalue weighted by Crippen LogP contribution is -2.08. The number of rotatable bonds is 4. The maximum Gasteiger partial charge on any atom is 0.184 e. The predicted octanol–water partition coefficient (Wildman–Crippen LogP) is 3.15. The number of hydrogen-bond acceptors (Lipinski definition) is 4. The summed E-state index contributed by atoms with van der Waals surface area (Å²) in [5.74, 6) is -0.461. The minimum absolute atomic E-state index is 0.0257. The second kappa shape index (κ2) is 6.03. The Bertz CT molecular complexity index is 758. The van der Waals surface area contributed by atoms with Gasteiger partial charge in [-0.2, -0.15) is 0 Å².